The third-order valence-electron chi connectivity index (χ3n) is 2.55. The maximum absolute atomic E-state index is 5.21. The Hall–Kier alpha value is 1.57. The predicted octanol–water partition coefficient (Wildman–Crippen LogP) is 4.36. The Morgan fingerprint density at radius 3 is 1.67 bits per heavy atom. The van der Waals surface area contributed by atoms with E-state index in [-0.39, 0.29) is 0 Å². The second-order valence-corrected chi connectivity index (χ2v) is 11.9. The highest BCUT2D eigenvalue weighted by Crippen LogP contribution is 2.29. The van der Waals surface area contributed by atoms with E-state index in [0.717, 1.165) is 3.00 Å². The van der Waals surface area contributed by atoms with E-state index < -0.39 is 8.24 Å². The summed E-state index contributed by atoms with van der Waals surface area (Å²) in [4.78, 5) is 0. The van der Waals surface area contributed by atoms with Crippen LogP contribution in [0.25, 0.3) is 0 Å². The molecule has 0 unspecified atom stereocenters. The molecule has 5 heteroatoms. The zero-order chi connectivity index (χ0) is 9.78. The summed E-state index contributed by atoms with van der Waals surface area (Å²) in [5, 5.41) is 0. The molecule has 0 aromatic carbocycles. The fourth-order valence-electron chi connectivity index (χ4n) is 1.35. The first-order valence-corrected chi connectivity index (χ1v) is 9.21. The zero-order valence-electron chi connectivity index (χ0n) is 7.73. The van der Waals surface area contributed by atoms with Gasteiger partial charge in [-0.3, -0.25) is 0 Å². The van der Waals surface area contributed by atoms with Crippen LogP contribution in [0.15, 0.2) is 0 Å². The maximum Gasteiger partial charge on any atom is 0.169 e. The summed E-state index contributed by atoms with van der Waals surface area (Å²) in [6.07, 6.45) is 0. The molecule has 0 atom stereocenters. The van der Waals surface area contributed by atoms with Gasteiger partial charge >= 0.3 is 0 Å². The van der Waals surface area contributed by atoms with Crippen LogP contribution in [-0.4, -0.2) is 14.0 Å². The van der Waals surface area contributed by atoms with Crippen LogP contribution in [0.2, 0.25) is 18.1 Å². The molecule has 0 aliphatic heterocycles. The topological polar surface area (TPSA) is 3.24 Å². The third kappa shape index (κ3) is 3.05. The van der Waals surface area contributed by atoms with Crippen LogP contribution in [0, 0.1) is 0 Å². The molecule has 72 valence electrons. The number of hydrogen-bond donors (Lipinski definition) is 0. The van der Waals surface area contributed by atoms with Crippen LogP contribution in [0.5, 0.6) is 0 Å². The number of hydrogen-bond acceptors (Lipinski definition) is 1. The molecule has 0 N–H and O–H groups in total. The second kappa shape index (κ2) is 6.13. The van der Waals surface area contributed by atoms with E-state index in [1.54, 1.807) is 0 Å². The van der Waals surface area contributed by atoms with E-state index in [1.165, 1.54) is 18.1 Å². The first kappa shape index (κ1) is 13.6. The van der Waals surface area contributed by atoms with Crippen molar-refractivity contribution in [2.24, 2.45) is 0 Å². The molecule has 0 amide bonds. The van der Waals surface area contributed by atoms with Gasteiger partial charge in [0.25, 0.3) is 0 Å². The van der Waals surface area contributed by atoms with Gasteiger partial charge in [0.15, 0.2) is 8.24 Å². The summed E-state index contributed by atoms with van der Waals surface area (Å²) in [6, 6.07) is 3.89. The Labute approximate surface area is 109 Å². The van der Waals surface area contributed by atoms with Gasteiger partial charge in [0.1, 0.15) is 3.00 Å². The number of halogens is 2. The SMILES string of the molecule is CC[Si](CC)(CC)N(I)C(=S)I. The lowest BCUT2D eigenvalue weighted by Gasteiger charge is -2.36. The van der Waals surface area contributed by atoms with Crippen molar-refractivity contribution >= 4 is 68.9 Å². The summed E-state index contributed by atoms with van der Waals surface area (Å²) in [5.74, 6) is 0. The van der Waals surface area contributed by atoms with Gasteiger partial charge < -0.3 is 2.78 Å². The molecule has 0 aromatic rings. The third-order valence-corrected chi connectivity index (χ3v) is 13.6. The van der Waals surface area contributed by atoms with Crippen LogP contribution in [0.1, 0.15) is 20.8 Å². The summed E-state index contributed by atoms with van der Waals surface area (Å²) < 4.78 is 3.37. The summed E-state index contributed by atoms with van der Waals surface area (Å²) in [6.45, 7) is 6.87. The minimum atomic E-state index is -1.21. The lowest BCUT2D eigenvalue weighted by molar-refractivity contribution is 0.984. The van der Waals surface area contributed by atoms with Crippen molar-refractivity contribution in [2.45, 2.75) is 38.9 Å². The summed E-state index contributed by atoms with van der Waals surface area (Å²) >= 11 is 9.85. The minimum absolute atomic E-state index is 1.02. The molecule has 0 radical (unpaired) electrons. The van der Waals surface area contributed by atoms with E-state index in [9.17, 15) is 0 Å². The van der Waals surface area contributed by atoms with E-state index in [2.05, 4.69) is 69.0 Å². The molecule has 0 fully saturated rings. The average molecular weight is 427 g/mol. The van der Waals surface area contributed by atoms with Crippen molar-refractivity contribution in [1.29, 1.82) is 0 Å². The van der Waals surface area contributed by atoms with Gasteiger partial charge in [-0.1, -0.05) is 33.0 Å². The van der Waals surface area contributed by atoms with Gasteiger partial charge in [0.05, 0.1) is 22.9 Å². The number of nitrogens with zero attached hydrogens (tertiary/aromatic N) is 1. The van der Waals surface area contributed by atoms with Crippen LogP contribution in [0.3, 0.4) is 0 Å². The van der Waals surface area contributed by atoms with Gasteiger partial charge in [-0.05, 0) is 40.7 Å². The predicted molar refractivity (Wildman–Crippen MR) is 79.7 cm³/mol. The molecule has 0 aliphatic carbocycles. The van der Waals surface area contributed by atoms with E-state index in [1.807, 2.05) is 0 Å². The molecule has 0 rings (SSSR count). The van der Waals surface area contributed by atoms with Gasteiger partial charge in [-0.25, -0.2) is 0 Å². The minimum Gasteiger partial charge on any atom is -0.328 e. The first-order chi connectivity index (χ1) is 5.54. The summed E-state index contributed by atoms with van der Waals surface area (Å²) in [5.41, 5.74) is 0. The first-order valence-electron chi connectivity index (χ1n) is 4.19. The molecule has 0 spiro atoms. The average Bonchev–Trinajstić information content (AvgIpc) is 2.08. The van der Waals surface area contributed by atoms with E-state index >= 15 is 0 Å². The smallest absolute Gasteiger partial charge is 0.169 e. The highest BCUT2D eigenvalue weighted by Gasteiger charge is 2.34. The summed E-state index contributed by atoms with van der Waals surface area (Å²) in [7, 11) is -1.21. The van der Waals surface area contributed by atoms with Crippen molar-refractivity contribution < 1.29 is 0 Å². The highest BCUT2D eigenvalue weighted by atomic mass is 127. The Morgan fingerprint density at radius 2 is 1.58 bits per heavy atom. The molecule has 0 saturated carbocycles. The van der Waals surface area contributed by atoms with Crippen molar-refractivity contribution in [3.05, 3.63) is 0 Å². The largest absolute Gasteiger partial charge is 0.328 e. The van der Waals surface area contributed by atoms with Gasteiger partial charge in [-0.2, -0.15) is 0 Å². The Morgan fingerprint density at radius 1 is 1.25 bits per heavy atom. The van der Waals surface area contributed by atoms with E-state index in [0.29, 0.717) is 0 Å². The molecule has 0 saturated heterocycles. The van der Waals surface area contributed by atoms with Crippen LogP contribution >= 0.6 is 57.7 Å². The van der Waals surface area contributed by atoms with Gasteiger partial charge in [0.2, 0.25) is 0 Å². The fourth-order valence-corrected chi connectivity index (χ4v) is 9.24. The standard InChI is InChI=1S/C7H15I2NSSi/c1-4-12(5-2,6-3)10(9)7(8)11/h4-6H2,1-3H3. The molecule has 0 bridgehead atoms. The lowest BCUT2D eigenvalue weighted by Crippen LogP contribution is -2.47. The number of thiocarbonyl (C=S) groups is 1. The van der Waals surface area contributed by atoms with Crippen molar-refractivity contribution in [3.63, 3.8) is 0 Å². The molecular weight excluding hydrogens is 412 g/mol. The number of rotatable bonds is 4. The molecule has 1 nitrogen and oxygen atoms in total. The fraction of sp³-hybridized carbons (Fsp3) is 0.857. The van der Waals surface area contributed by atoms with Crippen LogP contribution in [-0.2, 0) is 0 Å². The zero-order valence-corrected chi connectivity index (χ0v) is 13.9. The highest BCUT2D eigenvalue weighted by molar-refractivity contribution is 14.1. The molecular formula is C7H15I2NSSi. The van der Waals surface area contributed by atoms with Gasteiger partial charge in [0, 0.05) is 0 Å². The van der Waals surface area contributed by atoms with Gasteiger partial charge in [-0.15, -0.1) is 0 Å². The molecule has 12 heavy (non-hydrogen) atoms. The molecule has 0 aliphatic rings. The van der Waals surface area contributed by atoms with Crippen LogP contribution in [0.4, 0.5) is 0 Å². The van der Waals surface area contributed by atoms with Crippen LogP contribution < -0.4 is 0 Å². The normalized spacial score (nSPS) is 11.4. The van der Waals surface area contributed by atoms with Crippen molar-refractivity contribution in [1.82, 2.24) is 2.78 Å². The Balaban J connectivity index is 4.58. The quantitative estimate of drug-likeness (QED) is 0.164. The second-order valence-electron chi connectivity index (χ2n) is 2.82. The Bertz CT molecular complexity index is 153. The maximum atomic E-state index is 5.21. The van der Waals surface area contributed by atoms with Crippen molar-refractivity contribution in [2.75, 3.05) is 0 Å². The monoisotopic (exact) mass is 427 g/mol. The molecule has 0 aromatic heterocycles. The lowest BCUT2D eigenvalue weighted by atomic mass is 10.9. The Kier molecular flexibility index (Phi) is 6.93. The van der Waals surface area contributed by atoms with E-state index in [4.69, 9.17) is 12.2 Å². The van der Waals surface area contributed by atoms with Crippen molar-refractivity contribution in [3.8, 4) is 0 Å². The molecule has 0 heterocycles.